The zero-order chi connectivity index (χ0) is 12.6. The Morgan fingerprint density at radius 3 is 2.76 bits per heavy atom. The molecule has 0 spiro atoms. The number of hydrogen-bond donors (Lipinski definition) is 1. The molecule has 2 rings (SSSR count). The van der Waals surface area contributed by atoms with E-state index in [2.05, 4.69) is 0 Å². The molecule has 0 bridgehead atoms. The molecule has 1 aliphatic rings. The van der Waals surface area contributed by atoms with Gasteiger partial charge in [0.1, 0.15) is 5.75 Å². The van der Waals surface area contributed by atoms with E-state index in [0.717, 1.165) is 23.3 Å². The van der Waals surface area contributed by atoms with Crippen LogP contribution in [0.15, 0.2) is 18.2 Å². The summed E-state index contributed by atoms with van der Waals surface area (Å²) in [5.74, 6) is 0.882. The van der Waals surface area contributed by atoms with Gasteiger partial charge in [-0.2, -0.15) is 0 Å². The molecular formula is C12H17NO3S. The van der Waals surface area contributed by atoms with E-state index in [1.54, 1.807) is 6.92 Å². The van der Waals surface area contributed by atoms with Gasteiger partial charge in [-0.1, -0.05) is 12.1 Å². The number of nitrogens with two attached hydrogens (primary N) is 1. The first kappa shape index (κ1) is 12.4. The van der Waals surface area contributed by atoms with Crippen LogP contribution in [0.2, 0.25) is 0 Å². The summed E-state index contributed by atoms with van der Waals surface area (Å²) in [6.07, 6.45) is 2.08. The lowest BCUT2D eigenvalue weighted by molar-refractivity contribution is 0.357. The quantitative estimate of drug-likeness (QED) is 0.876. The van der Waals surface area contributed by atoms with Crippen molar-refractivity contribution in [2.45, 2.75) is 24.6 Å². The molecule has 0 aliphatic carbocycles. The van der Waals surface area contributed by atoms with Crippen LogP contribution >= 0.6 is 0 Å². The van der Waals surface area contributed by atoms with Gasteiger partial charge >= 0.3 is 0 Å². The van der Waals surface area contributed by atoms with Gasteiger partial charge in [-0.3, -0.25) is 0 Å². The topological polar surface area (TPSA) is 69.4 Å². The number of fused-ring (bicyclic) bond motifs is 1. The molecule has 94 valence electrons. The maximum absolute atomic E-state index is 11.5. The smallest absolute Gasteiger partial charge is 0.151 e. The first-order chi connectivity index (χ1) is 7.89. The van der Waals surface area contributed by atoms with E-state index in [4.69, 9.17) is 10.5 Å². The Morgan fingerprint density at radius 2 is 2.12 bits per heavy atom. The van der Waals surface area contributed by atoms with Gasteiger partial charge in [0.05, 0.1) is 11.9 Å². The van der Waals surface area contributed by atoms with Crippen LogP contribution in [0.3, 0.4) is 0 Å². The van der Waals surface area contributed by atoms with E-state index in [1.165, 1.54) is 6.26 Å². The second-order valence-electron chi connectivity index (χ2n) is 4.53. The van der Waals surface area contributed by atoms with Gasteiger partial charge in [-0.05, 0) is 24.1 Å². The molecule has 1 aliphatic heterocycles. The highest BCUT2D eigenvalue weighted by Gasteiger charge is 2.25. The largest absolute Gasteiger partial charge is 0.493 e. The first-order valence-corrected chi connectivity index (χ1v) is 7.55. The summed E-state index contributed by atoms with van der Waals surface area (Å²) in [5.41, 5.74) is 7.96. The average molecular weight is 255 g/mol. The fourth-order valence-corrected chi connectivity index (χ4v) is 2.64. The van der Waals surface area contributed by atoms with E-state index in [1.807, 2.05) is 18.2 Å². The van der Waals surface area contributed by atoms with Crippen LogP contribution in [-0.4, -0.2) is 26.5 Å². The van der Waals surface area contributed by atoms with Gasteiger partial charge in [-0.25, -0.2) is 8.42 Å². The maximum atomic E-state index is 11.5. The van der Waals surface area contributed by atoms with Crippen molar-refractivity contribution in [3.63, 3.8) is 0 Å². The number of sulfone groups is 1. The SMILES string of the molecule is CC(C(N)c1ccc2c(c1)CCO2)S(C)(=O)=O. The minimum atomic E-state index is -3.12. The van der Waals surface area contributed by atoms with Crippen LogP contribution in [0.5, 0.6) is 5.75 Å². The van der Waals surface area contributed by atoms with Crippen LogP contribution in [0.1, 0.15) is 24.1 Å². The fourth-order valence-electron chi connectivity index (χ4n) is 1.95. The molecule has 2 N–H and O–H groups in total. The third-order valence-electron chi connectivity index (χ3n) is 3.28. The maximum Gasteiger partial charge on any atom is 0.151 e. The summed E-state index contributed by atoms with van der Waals surface area (Å²) in [4.78, 5) is 0. The summed E-state index contributed by atoms with van der Waals surface area (Å²) in [5, 5.41) is -0.581. The molecule has 2 atom stereocenters. The lowest BCUT2D eigenvalue weighted by Crippen LogP contribution is -2.30. The molecule has 0 saturated carbocycles. The van der Waals surface area contributed by atoms with Crippen LogP contribution < -0.4 is 10.5 Å². The molecule has 0 saturated heterocycles. The molecule has 1 aromatic rings. The van der Waals surface area contributed by atoms with Gasteiger partial charge in [0.2, 0.25) is 0 Å². The van der Waals surface area contributed by atoms with E-state index < -0.39 is 21.1 Å². The molecule has 4 nitrogen and oxygen atoms in total. The van der Waals surface area contributed by atoms with Crippen molar-refractivity contribution in [3.05, 3.63) is 29.3 Å². The first-order valence-electron chi connectivity index (χ1n) is 5.59. The summed E-state index contributed by atoms with van der Waals surface area (Å²) in [7, 11) is -3.12. The van der Waals surface area contributed by atoms with Gasteiger partial charge in [0.15, 0.2) is 9.84 Å². The number of hydrogen-bond acceptors (Lipinski definition) is 4. The molecule has 5 heteroatoms. The highest BCUT2D eigenvalue weighted by atomic mass is 32.2. The van der Waals surface area contributed by atoms with E-state index in [-0.39, 0.29) is 0 Å². The Labute approximate surface area is 102 Å². The Balaban J connectivity index is 2.29. The molecule has 0 fully saturated rings. The molecule has 2 unspecified atom stereocenters. The Kier molecular flexibility index (Phi) is 3.14. The third-order valence-corrected chi connectivity index (χ3v) is 4.92. The Hall–Kier alpha value is -1.07. The second-order valence-corrected chi connectivity index (χ2v) is 6.93. The zero-order valence-corrected chi connectivity index (χ0v) is 10.8. The third kappa shape index (κ3) is 2.45. The van der Waals surface area contributed by atoms with Crippen LogP contribution in [0, 0.1) is 0 Å². The normalized spacial score (nSPS) is 18.3. The van der Waals surface area contributed by atoms with Gasteiger partial charge in [-0.15, -0.1) is 0 Å². The van der Waals surface area contributed by atoms with E-state index in [9.17, 15) is 8.42 Å². The minimum Gasteiger partial charge on any atom is -0.493 e. The molecule has 1 aromatic carbocycles. The number of benzene rings is 1. The number of ether oxygens (including phenoxy) is 1. The monoisotopic (exact) mass is 255 g/mol. The van der Waals surface area contributed by atoms with Crippen molar-refractivity contribution in [3.8, 4) is 5.75 Å². The highest BCUT2D eigenvalue weighted by molar-refractivity contribution is 7.91. The average Bonchev–Trinajstić information content (AvgIpc) is 2.72. The van der Waals surface area contributed by atoms with Gasteiger partial charge < -0.3 is 10.5 Å². The molecule has 17 heavy (non-hydrogen) atoms. The van der Waals surface area contributed by atoms with E-state index in [0.29, 0.717) is 6.61 Å². The van der Waals surface area contributed by atoms with Crippen molar-refractivity contribution < 1.29 is 13.2 Å². The minimum absolute atomic E-state index is 0.490. The van der Waals surface area contributed by atoms with E-state index >= 15 is 0 Å². The summed E-state index contributed by atoms with van der Waals surface area (Å²) in [6, 6.07) is 5.17. The van der Waals surface area contributed by atoms with Crippen molar-refractivity contribution in [1.82, 2.24) is 0 Å². The standard InChI is InChI=1S/C12H17NO3S/c1-8(17(2,14)15)12(13)10-3-4-11-9(7-10)5-6-16-11/h3-4,7-8,12H,5-6,13H2,1-2H3. The summed E-state index contributed by atoms with van der Waals surface area (Å²) in [6.45, 7) is 2.33. The van der Waals surface area contributed by atoms with Crippen molar-refractivity contribution >= 4 is 9.84 Å². The lowest BCUT2D eigenvalue weighted by atomic mass is 10.0. The highest BCUT2D eigenvalue weighted by Crippen LogP contribution is 2.29. The Bertz CT molecular complexity index is 525. The second kappa shape index (κ2) is 4.31. The van der Waals surface area contributed by atoms with Crippen LogP contribution in [0.4, 0.5) is 0 Å². The Morgan fingerprint density at radius 1 is 1.41 bits per heavy atom. The molecule has 1 heterocycles. The molecule has 0 aromatic heterocycles. The van der Waals surface area contributed by atoms with Crippen molar-refractivity contribution in [2.24, 2.45) is 5.73 Å². The van der Waals surface area contributed by atoms with Crippen LogP contribution in [0.25, 0.3) is 0 Å². The lowest BCUT2D eigenvalue weighted by Gasteiger charge is -2.19. The van der Waals surface area contributed by atoms with Gasteiger partial charge in [0.25, 0.3) is 0 Å². The molecular weight excluding hydrogens is 238 g/mol. The molecule has 0 radical (unpaired) electrons. The zero-order valence-electron chi connectivity index (χ0n) is 10.0. The fraction of sp³-hybridized carbons (Fsp3) is 0.500. The van der Waals surface area contributed by atoms with Crippen LogP contribution in [-0.2, 0) is 16.3 Å². The van der Waals surface area contributed by atoms with Crippen molar-refractivity contribution in [2.75, 3.05) is 12.9 Å². The predicted molar refractivity (Wildman–Crippen MR) is 66.9 cm³/mol. The van der Waals surface area contributed by atoms with Gasteiger partial charge in [0, 0.05) is 18.7 Å². The summed E-state index contributed by atoms with van der Waals surface area (Å²) >= 11 is 0. The van der Waals surface area contributed by atoms with Crippen molar-refractivity contribution in [1.29, 1.82) is 0 Å². The summed E-state index contributed by atoms with van der Waals surface area (Å²) < 4.78 is 28.4. The number of rotatable bonds is 3. The molecule has 0 amide bonds. The predicted octanol–water partition coefficient (Wildman–Crippen LogP) is 1.05.